The number of imidazole rings is 1. The maximum absolute atomic E-state index is 13.6. The molecule has 6 aromatic rings. The number of rotatable bonds is 7. The number of ether oxygens (including phenoxy) is 2. The van der Waals surface area contributed by atoms with E-state index < -0.39 is 11.1 Å². The highest BCUT2D eigenvalue weighted by Gasteiger charge is 2.46. The molecule has 3 unspecified atom stereocenters. The Kier molecular flexibility index (Phi) is 9.68. The van der Waals surface area contributed by atoms with Gasteiger partial charge < -0.3 is 24.3 Å². The first kappa shape index (κ1) is 37.0. The van der Waals surface area contributed by atoms with Crippen molar-refractivity contribution in [2.75, 3.05) is 13.1 Å². The van der Waals surface area contributed by atoms with Gasteiger partial charge in [0, 0.05) is 47.2 Å². The number of hydrogen-bond acceptors (Lipinski definition) is 6. The molecule has 2 N–H and O–H groups in total. The average Bonchev–Trinajstić information content (AvgIpc) is 3.97. The van der Waals surface area contributed by atoms with Gasteiger partial charge in [0.1, 0.15) is 18.0 Å². The summed E-state index contributed by atoms with van der Waals surface area (Å²) in [5.74, 6) is 0.815. The SMILES string of the molecule is CC(c1ncc(-c2ccc3cc(-c4ccc5[nH]c(C6CCCN6C(=O)OCc6ccccc6)cc(=O)c5c4)ccc3c2)[nH]1)C1(C)CCCN1C(=O)OC(C)(C)C. The smallest absolute Gasteiger partial charge is 0.410 e. The van der Waals surface area contributed by atoms with E-state index in [1.807, 2.05) is 80.4 Å². The predicted octanol–water partition coefficient (Wildman–Crippen LogP) is 10.1. The monoisotopic (exact) mass is 751 g/mol. The second kappa shape index (κ2) is 14.6. The van der Waals surface area contributed by atoms with Crippen molar-refractivity contribution in [1.29, 1.82) is 0 Å². The quantitative estimate of drug-likeness (QED) is 0.168. The molecule has 10 nitrogen and oxygen atoms in total. The molecule has 4 heterocycles. The van der Waals surface area contributed by atoms with Crippen LogP contribution in [0.25, 0.3) is 44.1 Å². The highest BCUT2D eigenvalue weighted by atomic mass is 16.6. The topological polar surface area (TPSA) is 121 Å². The number of fused-ring (bicyclic) bond motifs is 2. The summed E-state index contributed by atoms with van der Waals surface area (Å²) < 4.78 is 11.4. The van der Waals surface area contributed by atoms with Gasteiger partial charge in [-0.15, -0.1) is 0 Å². The van der Waals surface area contributed by atoms with Gasteiger partial charge in [0.15, 0.2) is 5.43 Å². The Morgan fingerprint density at radius 3 is 2.36 bits per heavy atom. The summed E-state index contributed by atoms with van der Waals surface area (Å²) in [4.78, 5) is 55.2. The molecule has 288 valence electrons. The summed E-state index contributed by atoms with van der Waals surface area (Å²) in [6.45, 7) is 11.4. The van der Waals surface area contributed by atoms with Crippen molar-refractivity contribution in [1.82, 2.24) is 24.8 Å². The minimum Gasteiger partial charge on any atom is -0.445 e. The molecule has 2 fully saturated rings. The highest BCUT2D eigenvalue weighted by Crippen LogP contribution is 2.42. The van der Waals surface area contributed by atoms with E-state index in [4.69, 9.17) is 14.5 Å². The van der Waals surface area contributed by atoms with Crippen molar-refractivity contribution in [2.45, 2.75) is 90.0 Å². The van der Waals surface area contributed by atoms with Crippen molar-refractivity contribution < 1.29 is 19.1 Å². The van der Waals surface area contributed by atoms with Crippen LogP contribution in [-0.2, 0) is 16.1 Å². The molecule has 2 aromatic heterocycles. The van der Waals surface area contributed by atoms with Crippen LogP contribution >= 0.6 is 0 Å². The molecule has 2 aliphatic heterocycles. The van der Waals surface area contributed by atoms with Crippen LogP contribution < -0.4 is 5.43 Å². The molecule has 4 aromatic carbocycles. The Bertz CT molecular complexity index is 2480. The Hall–Kier alpha value is -5.90. The Balaban J connectivity index is 0.982. The third kappa shape index (κ3) is 7.28. The Labute approximate surface area is 326 Å². The number of amides is 2. The number of pyridine rings is 1. The maximum atomic E-state index is 13.6. The fraction of sp³-hybridized carbons (Fsp3) is 0.348. The molecular formula is C46H49N5O5. The van der Waals surface area contributed by atoms with Gasteiger partial charge in [0.05, 0.1) is 23.5 Å². The first-order valence-electron chi connectivity index (χ1n) is 19.6. The lowest BCUT2D eigenvalue weighted by atomic mass is 9.84. The van der Waals surface area contributed by atoms with E-state index in [-0.39, 0.29) is 36.2 Å². The van der Waals surface area contributed by atoms with Gasteiger partial charge in [0.25, 0.3) is 0 Å². The van der Waals surface area contributed by atoms with E-state index in [1.165, 1.54) is 0 Å². The molecule has 0 aliphatic carbocycles. The van der Waals surface area contributed by atoms with E-state index in [1.54, 1.807) is 11.0 Å². The van der Waals surface area contributed by atoms with Gasteiger partial charge in [-0.2, -0.15) is 0 Å². The van der Waals surface area contributed by atoms with E-state index in [9.17, 15) is 14.4 Å². The number of nitrogens with zero attached hydrogens (tertiary/aromatic N) is 3. The average molecular weight is 752 g/mol. The molecule has 8 rings (SSSR count). The number of nitrogens with one attached hydrogen (secondary N) is 2. The standard InChI is InChI=1S/C46H49N5O5/c1-29(46(5)20-10-22-51(46)44(54)56-45(2,3)4)42-47-27-39(49-42)35-17-16-31-23-32(14-15-33(31)24-35)34-18-19-37-36(25-34)41(52)26-38(48-37)40-13-9-21-50(40)43(53)55-28-30-11-7-6-8-12-30/h6-8,11-12,14-19,23-27,29,40H,9-10,13,20-22,28H2,1-5H3,(H,47,49)(H,48,52). The van der Waals surface area contributed by atoms with Crippen LogP contribution in [0.5, 0.6) is 0 Å². The summed E-state index contributed by atoms with van der Waals surface area (Å²) in [7, 11) is 0. The summed E-state index contributed by atoms with van der Waals surface area (Å²) in [5.41, 5.74) is 5.23. The van der Waals surface area contributed by atoms with Crippen molar-refractivity contribution >= 4 is 33.9 Å². The molecular weight excluding hydrogens is 703 g/mol. The fourth-order valence-electron chi connectivity index (χ4n) is 8.38. The van der Waals surface area contributed by atoms with E-state index >= 15 is 0 Å². The number of H-pyrrole nitrogens is 2. The van der Waals surface area contributed by atoms with Crippen molar-refractivity contribution in [3.05, 3.63) is 124 Å². The van der Waals surface area contributed by atoms with Crippen LogP contribution in [0.15, 0.2) is 102 Å². The van der Waals surface area contributed by atoms with Crippen molar-refractivity contribution in [3.63, 3.8) is 0 Å². The van der Waals surface area contributed by atoms with Crippen LogP contribution in [0.4, 0.5) is 9.59 Å². The Morgan fingerprint density at radius 1 is 0.875 bits per heavy atom. The zero-order chi connectivity index (χ0) is 39.2. The summed E-state index contributed by atoms with van der Waals surface area (Å²) in [6.07, 6.45) is 4.62. The molecule has 2 aliphatic rings. The van der Waals surface area contributed by atoms with E-state index in [0.29, 0.717) is 18.5 Å². The van der Waals surface area contributed by atoms with Crippen LogP contribution in [0.3, 0.4) is 0 Å². The number of carbonyl (C=O) groups excluding carboxylic acids is 2. The second-order valence-corrected chi connectivity index (χ2v) is 16.5. The van der Waals surface area contributed by atoms with Gasteiger partial charge >= 0.3 is 12.2 Å². The molecule has 0 saturated carbocycles. The molecule has 0 radical (unpaired) electrons. The minimum absolute atomic E-state index is 0.0265. The largest absolute Gasteiger partial charge is 0.445 e. The molecule has 3 atom stereocenters. The molecule has 2 saturated heterocycles. The van der Waals surface area contributed by atoms with E-state index in [0.717, 1.165) is 81.4 Å². The summed E-state index contributed by atoms with van der Waals surface area (Å²) in [6, 6.07) is 29.6. The van der Waals surface area contributed by atoms with Crippen LogP contribution in [0.1, 0.15) is 89.3 Å². The van der Waals surface area contributed by atoms with E-state index in [2.05, 4.69) is 60.2 Å². The molecule has 56 heavy (non-hydrogen) atoms. The van der Waals surface area contributed by atoms with Crippen LogP contribution in [0.2, 0.25) is 0 Å². The number of likely N-dealkylation sites (tertiary alicyclic amines) is 2. The summed E-state index contributed by atoms with van der Waals surface area (Å²) in [5, 5.41) is 2.76. The van der Waals surface area contributed by atoms with Gasteiger partial charge in [-0.1, -0.05) is 67.6 Å². The van der Waals surface area contributed by atoms with Crippen molar-refractivity contribution in [3.8, 4) is 22.4 Å². The number of hydrogen-bond donors (Lipinski definition) is 2. The number of carbonyl (C=O) groups is 2. The van der Waals surface area contributed by atoms with Crippen molar-refractivity contribution in [2.24, 2.45) is 0 Å². The van der Waals surface area contributed by atoms with Gasteiger partial charge in [-0.25, -0.2) is 14.6 Å². The minimum atomic E-state index is -0.556. The molecule has 10 heteroatoms. The van der Waals surface area contributed by atoms with Gasteiger partial charge in [-0.3, -0.25) is 9.69 Å². The third-order valence-corrected chi connectivity index (χ3v) is 11.6. The number of aromatic nitrogens is 3. The highest BCUT2D eigenvalue weighted by molar-refractivity contribution is 5.92. The van der Waals surface area contributed by atoms with Crippen LogP contribution in [-0.4, -0.2) is 61.2 Å². The zero-order valence-electron chi connectivity index (χ0n) is 32.7. The Morgan fingerprint density at radius 2 is 1.59 bits per heavy atom. The normalized spacial score (nSPS) is 19.1. The molecule has 0 bridgehead atoms. The molecule has 0 spiro atoms. The lowest BCUT2D eigenvalue weighted by Crippen LogP contribution is -2.50. The number of aromatic amines is 2. The fourth-order valence-corrected chi connectivity index (χ4v) is 8.38. The first-order chi connectivity index (χ1) is 26.9. The molecule has 2 amide bonds. The predicted molar refractivity (Wildman–Crippen MR) is 219 cm³/mol. The second-order valence-electron chi connectivity index (χ2n) is 16.5. The van der Waals surface area contributed by atoms with Gasteiger partial charge in [0.2, 0.25) is 0 Å². The first-order valence-corrected chi connectivity index (χ1v) is 19.6. The third-order valence-electron chi connectivity index (χ3n) is 11.6. The lowest BCUT2D eigenvalue weighted by Gasteiger charge is -2.40. The van der Waals surface area contributed by atoms with Crippen LogP contribution in [0, 0.1) is 0 Å². The lowest BCUT2D eigenvalue weighted by molar-refractivity contribution is 0.00655. The maximum Gasteiger partial charge on any atom is 0.410 e. The van der Waals surface area contributed by atoms with Gasteiger partial charge in [-0.05, 0) is 105 Å². The summed E-state index contributed by atoms with van der Waals surface area (Å²) >= 11 is 0. The number of benzene rings is 4. The zero-order valence-corrected chi connectivity index (χ0v) is 32.7.